The molecule has 0 unspecified atom stereocenters. The normalized spacial score (nSPS) is 17.2. The highest BCUT2D eigenvalue weighted by atomic mass is 35.5. The molecule has 1 saturated heterocycles. The number of rotatable bonds is 5. The molecule has 0 spiro atoms. The van der Waals surface area contributed by atoms with Crippen LogP contribution in [0, 0.1) is 0 Å². The van der Waals surface area contributed by atoms with Gasteiger partial charge in [0.2, 0.25) is 0 Å². The summed E-state index contributed by atoms with van der Waals surface area (Å²) in [5, 5.41) is 10.5. The van der Waals surface area contributed by atoms with Gasteiger partial charge in [-0.2, -0.15) is 0 Å². The summed E-state index contributed by atoms with van der Waals surface area (Å²) in [6, 6.07) is 10.3. The van der Waals surface area contributed by atoms with E-state index >= 15 is 0 Å². The molecular weight excluding hydrogens is 393 g/mol. The first-order chi connectivity index (χ1) is 12.0. The molecule has 0 amide bonds. The van der Waals surface area contributed by atoms with Gasteiger partial charge in [0.15, 0.2) is 5.11 Å². The van der Waals surface area contributed by atoms with Crippen molar-refractivity contribution in [3.63, 3.8) is 0 Å². The molecular formula is C18H22Cl2N3S2+. The molecule has 1 aliphatic heterocycles. The molecule has 2 heterocycles. The molecule has 0 saturated carbocycles. The molecule has 1 aromatic carbocycles. The minimum Gasteiger partial charge on any atom is -0.354 e. The van der Waals surface area contributed by atoms with Crippen molar-refractivity contribution in [2.45, 2.75) is 31.8 Å². The highest BCUT2D eigenvalue weighted by Crippen LogP contribution is 2.25. The van der Waals surface area contributed by atoms with Crippen LogP contribution in [0.2, 0.25) is 10.0 Å². The summed E-state index contributed by atoms with van der Waals surface area (Å²) in [6.45, 7) is 4.64. The van der Waals surface area contributed by atoms with Gasteiger partial charge in [0.1, 0.15) is 6.04 Å². The average molecular weight is 415 g/mol. The molecule has 2 aromatic rings. The van der Waals surface area contributed by atoms with Crippen LogP contribution in [0.15, 0.2) is 35.7 Å². The Morgan fingerprint density at radius 1 is 1.24 bits per heavy atom. The minimum absolute atomic E-state index is 0.220. The number of hydrogen-bond acceptors (Lipinski definition) is 2. The van der Waals surface area contributed by atoms with Crippen LogP contribution in [0.5, 0.6) is 0 Å². The molecule has 25 heavy (non-hydrogen) atoms. The van der Waals surface area contributed by atoms with Gasteiger partial charge in [-0.15, -0.1) is 11.3 Å². The van der Waals surface area contributed by atoms with Gasteiger partial charge in [0.05, 0.1) is 34.7 Å². The molecule has 134 valence electrons. The van der Waals surface area contributed by atoms with Gasteiger partial charge < -0.3 is 15.5 Å². The maximum atomic E-state index is 6.22. The summed E-state index contributed by atoms with van der Waals surface area (Å²) in [4.78, 5) is 3.04. The smallest absolute Gasteiger partial charge is 0.171 e. The summed E-state index contributed by atoms with van der Waals surface area (Å²) in [5.41, 5.74) is 0.761. The Labute approximate surface area is 168 Å². The van der Waals surface area contributed by atoms with Crippen LogP contribution in [-0.4, -0.2) is 24.2 Å². The number of benzene rings is 1. The topological polar surface area (TPSA) is 28.5 Å². The van der Waals surface area contributed by atoms with E-state index in [1.54, 1.807) is 17.0 Å². The molecule has 2 atom stereocenters. The first-order valence-corrected chi connectivity index (χ1v) is 10.5. The van der Waals surface area contributed by atoms with Gasteiger partial charge in [-0.25, -0.2) is 0 Å². The van der Waals surface area contributed by atoms with Crippen molar-refractivity contribution in [3.05, 3.63) is 50.6 Å². The first kappa shape index (κ1) is 18.9. The molecule has 3 nitrogen and oxygen atoms in total. The van der Waals surface area contributed by atoms with Crippen molar-refractivity contribution in [2.75, 3.05) is 18.4 Å². The zero-order valence-electron chi connectivity index (χ0n) is 14.0. The van der Waals surface area contributed by atoms with E-state index in [2.05, 4.69) is 35.1 Å². The van der Waals surface area contributed by atoms with Crippen LogP contribution < -0.4 is 15.5 Å². The van der Waals surface area contributed by atoms with E-state index in [-0.39, 0.29) is 6.04 Å². The predicted octanol–water partition coefficient (Wildman–Crippen LogP) is 4.15. The fourth-order valence-corrected chi connectivity index (χ4v) is 5.19. The van der Waals surface area contributed by atoms with E-state index in [4.69, 9.17) is 35.4 Å². The third-order valence-electron chi connectivity index (χ3n) is 4.57. The predicted molar refractivity (Wildman–Crippen MR) is 112 cm³/mol. The van der Waals surface area contributed by atoms with Gasteiger partial charge >= 0.3 is 0 Å². The maximum absolute atomic E-state index is 6.22. The number of nitrogens with one attached hydrogen (secondary N) is 3. The number of hydrogen-bond donors (Lipinski definition) is 3. The van der Waals surface area contributed by atoms with E-state index in [0.717, 1.165) is 5.69 Å². The number of thiocarbonyl (C=S) groups is 1. The molecule has 0 radical (unpaired) electrons. The highest BCUT2D eigenvalue weighted by molar-refractivity contribution is 7.80. The Morgan fingerprint density at radius 2 is 2.00 bits per heavy atom. The van der Waals surface area contributed by atoms with Crippen molar-refractivity contribution in [1.82, 2.24) is 5.32 Å². The van der Waals surface area contributed by atoms with Crippen molar-refractivity contribution in [2.24, 2.45) is 0 Å². The van der Waals surface area contributed by atoms with E-state index in [0.29, 0.717) is 21.2 Å². The van der Waals surface area contributed by atoms with E-state index in [9.17, 15) is 0 Å². The van der Waals surface area contributed by atoms with Crippen LogP contribution in [0.25, 0.3) is 0 Å². The van der Waals surface area contributed by atoms with Gasteiger partial charge in [0.25, 0.3) is 0 Å². The second-order valence-corrected chi connectivity index (χ2v) is 8.60. The average Bonchev–Trinajstić information content (AvgIpc) is 3.24. The fraction of sp³-hybridized carbons (Fsp3) is 0.389. The summed E-state index contributed by atoms with van der Waals surface area (Å²) in [7, 11) is 0. The standard InChI is InChI=1S/C18H21Cl2N3S2/c1-12(17(16-5-4-10-25-16)23-8-2-3-9-23)21-18(24)22-15-7-6-13(19)11-14(15)20/h4-7,10-12,17H,2-3,8-9H2,1H3,(H2,21,22,24)/p+1/t12-,17+/m1/s1. The molecule has 1 fully saturated rings. The molecule has 0 bridgehead atoms. The molecule has 1 aromatic heterocycles. The van der Waals surface area contributed by atoms with Crippen molar-refractivity contribution >= 4 is 57.6 Å². The van der Waals surface area contributed by atoms with Gasteiger partial charge in [-0.1, -0.05) is 29.3 Å². The Morgan fingerprint density at radius 3 is 2.64 bits per heavy atom. The van der Waals surface area contributed by atoms with Gasteiger partial charge in [0, 0.05) is 17.9 Å². The summed E-state index contributed by atoms with van der Waals surface area (Å²) in [5.74, 6) is 0. The number of halogens is 2. The largest absolute Gasteiger partial charge is 0.354 e. The van der Waals surface area contributed by atoms with E-state index in [1.807, 2.05) is 17.4 Å². The van der Waals surface area contributed by atoms with E-state index < -0.39 is 0 Å². The second kappa shape index (κ2) is 8.69. The zero-order valence-corrected chi connectivity index (χ0v) is 17.2. The summed E-state index contributed by atoms with van der Waals surface area (Å²) in [6.07, 6.45) is 2.60. The second-order valence-electron chi connectivity index (χ2n) is 6.37. The molecule has 3 N–H and O–H groups in total. The third-order valence-corrected chi connectivity index (χ3v) is 6.30. The molecule has 0 aliphatic carbocycles. The number of likely N-dealkylation sites (tertiary alicyclic amines) is 1. The van der Waals surface area contributed by atoms with Crippen molar-refractivity contribution in [1.29, 1.82) is 0 Å². The van der Waals surface area contributed by atoms with E-state index in [1.165, 1.54) is 30.8 Å². The lowest BCUT2D eigenvalue weighted by atomic mass is 10.1. The lowest BCUT2D eigenvalue weighted by molar-refractivity contribution is -0.920. The van der Waals surface area contributed by atoms with Crippen LogP contribution in [-0.2, 0) is 0 Å². The lowest BCUT2D eigenvalue weighted by Crippen LogP contribution is -3.11. The van der Waals surface area contributed by atoms with Crippen molar-refractivity contribution < 1.29 is 4.90 Å². The quantitative estimate of drug-likeness (QED) is 0.641. The van der Waals surface area contributed by atoms with Crippen LogP contribution in [0.1, 0.15) is 30.7 Å². The SMILES string of the molecule is C[C@@H](NC(=S)Nc1ccc(Cl)cc1Cl)[C@@H](c1cccs1)[NH+]1CCCC1. The Bertz CT molecular complexity index is 715. The van der Waals surface area contributed by atoms with Crippen LogP contribution >= 0.6 is 46.8 Å². The lowest BCUT2D eigenvalue weighted by Gasteiger charge is -2.30. The Kier molecular flexibility index (Phi) is 6.58. The minimum atomic E-state index is 0.220. The fourth-order valence-electron chi connectivity index (χ4n) is 3.45. The molecule has 3 rings (SSSR count). The summed E-state index contributed by atoms with van der Waals surface area (Å²) < 4.78 is 0. The Balaban J connectivity index is 1.68. The summed E-state index contributed by atoms with van der Waals surface area (Å²) >= 11 is 19.5. The molecule has 1 aliphatic rings. The highest BCUT2D eigenvalue weighted by Gasteiger charge is 2.33. The zero-order chi connectivity index (χ0) is 17.8. The first-order valence-electron chi connectivity index (χ1n) is 8.45. The monoisotopic (exact) mass is 414 g/mol. The van der Waals surface area contributed by atoms with Gasteiger partial charge in [-0.3, -0.25) is 0 Å². The number of anilines is 1. The van der Waals surface area contributed by atoms with Crippen LogP contribution in [0.4, 0.5) is 5.69 Å². The number of thiophene rings is 1. The molecule has 7 heteroatoms. The van der Waals surface area contributed by atoms with Gasteiger partial charge in [-0.05, 0) is 48.8 Å². The third kappa shape index (κ3) is 4.86. The maximum Gasteiger partial charge on any atom is 0.171 e. The Hall–Kier alpha value is -0.850. The number of quaternary nitrogens is 1. The van der Waals surface area contributed by atoms with Crippen molar-refractivity contribution in [3.8, 4) is 0 Å². The van der Waals surface area contributed by atoms with Crippen LogP contribution in [0.3, 0.4) is 0 Å².